The van der Waals surface area contributed by atoms with Crippen LogP contribution in [0.4, 0.5) is 27.7 Å². The van der Waals surface area contributed by atoms with Gasteiger partial charge in [0.05, 0.1) is 36.1 Å². The van der Waals surface area contributed by atoms with E-state index in [-0.39, 0.29) is 55.6 Å². The lowest BCUT2D eigenvalue weighted by Crippen LogP contribution is -2.57. The van der Waals surface area contributed by atoms with Crippen LogP contribution in [0.3, 0.4) is 0 Å². The van der Waals surface area contributed by atoms with Crippen molar-refractivity contribution in [1.82, 2.24) is 40.9 Å². The predicted molar refractivity (Wildman–Crippen MR) is 303 cm³/mol. The van der Waals surface area contributed by atoms with E-state index in [1.54, 1.807) is 52.3 Å². The Kier molecular flexibility index (Phi) is 16.9. The first-order valence-corrected chi connectivity index (χ1v) is 27.8. The second kappa shape index (κ2) is 24.3. The van der Waals surface area contributed by atoms with Crippen molar-refractivity contribution in [2.45, 2.75) is 109 Å². The van der Waals surface area contributed by atoms with Gasteiger partial charge >= 0.3 is 6.03 Å². The molecule has 5 aliphatic rings. The number of phenolic OH excluding ortho intramolecular Hbond substituents is 1. The summed E-state index contributed by atoms with van der Waals surface area (Å²) in [6, 6.07) is 22.4. The van der Waals surface area contributed by atoms with Crippen LogP contribution in [0.2, 0.25) is 0 Å². The van der Waals surface area contributed by atoms with E-state index in [9.17, 15) is 39.0 Å². The van der Waals surface area contributed by atoms with E-state index in [2.05, 4.69) is 53.1 Å². The van der Waals surface area contributed by atoms with Gasteiger partial charge in [0.2, 0.25) is 35.9 Å². The van der Waals surface area contributed by atoms with Gasteiger partial charge in [0.15, 0.2) is 5.82 Å². The Labute approximate surface area is 474 Å². The number of rotatable bonds is 20. The number of urea groups is 1. The number of nitrogens with zero attached hydrogens (tertiary/aromatic N) is 8. The predicted octanol–water partition coefficient (Wildman–Crippen LogP) is 2.91. The Morgan fingerprint density at radius 2 is 1.70 bits per heavy atom. The number of hydrogen-bond donors (Lipinski definition) is 8. The highest BCUT2D eigenvalue weighted by Gasteiger charge is 2.51. The minimum Gasteiger partial charge on any atom is -0.507 e. The molecule has 0 radical (unpaired) electrons. The van der Waals surface area contributed by atoms with Gasteiger partial charge in [0, 0.05) is 100.0 Å². The van der Waals surface area contributed by atoms with Gasteiger partial charge in [-0.1, -0.05) is 50.2 Å². The molecule has 7 amide bonds. The summed E-state index contributed by atoms with van der Waals surface area (Å²) in [6.45, 7) is 10.8. The second-order valence-corrected chi connectivity index (χ2v) is 22.2. The average molecular weight is 1120 g/mol. The van der Waals surface area contributed by atoms with Crippen molar-refractivity contribution in [2.75, 3.05) is 65.8 Å². The van der Waals surface area contributed by atoms with Gasteiger partial charge in [-0.3, -0.25) is 34.2 Å². The number of primary amides is 1. The Bertz CT molecular complexity index is 3200. The van der Waals surface area contributed by atoms with Crippen molar-refractivity contribution in [3.05, 3.63) is 113 Å². The number of aromatic nitrogens is 3. The summed E-state index contributed by atoms with van der Waals surface area (Å²) < 4.78 is 12.7. The minimum absolute atomic E-state index is 0.0122. The van der Waals surface area contributed by atoms with E-state index >= 15 is 0 Å². The molecule has 3 aromatic carbocycles. The summed E-state index contributed by atoms with van der Waals surface area (Å²) in [5.74, 6) is -1.10. The minimum atomic E-state index is -1.46. The lowest BCUT2D eigenvalue weighted by molar-refractivity contribution is -0.137. The number of ether oxygens (including phenoxy) is 2. The van der Waals surface area contributed by atoms with Gasteiger partial charge in [-0.15, -0.1) is 10.2 Å². The monoisotopic (exact) mass is 1120 g/mol. The molecule has 0 saturated carbocycles. The van der Waals surface area contributed by atoms with Gasteiger partial charge in [-0.25, -0.2) is 9.78 Å². The van der Waals surface area contributed by atoms with Gasteiger partial charge in [0.1, 0.15) is 23.9 Å². The molecule has 0 spiro atoms. The lowest BCUT2D eigenvalue weighted by Gasteiger charge is -2.47. The molecular weight excluding hydrogens is 1050 g/mol. The number of hydrogen-bond acceptors (Lipinski definition) is 18. The third-order valence-corrected chi connectivity index (χ3v) is 16.0. The zero-order valence-electron chi connectivity index (χ0n) is 46.1. The molecule has 0 aliphatic carbocycles. The van der Waals surface area contributed by atoms with Crippen molar-refractivity contribution in [2.24, 2.45) is 17.4 Å². The smallest absolute Gasteiger partial charge is 0.312 e. The van der Waals surface area contributed by atoms with E-state index < -0.39 is 53.8 Å². The Morgan fingerprint density at radius 1 is 0.927 bits per heavy atom. The number of carbonyl (C=O) groups is 6. The third kappa shape index (κ3) is 12.7. The van der Waals surface area contributed by atoms with Crippen LogP contribution >= 0.6 is 0 Å². The number of anilines is 4. The van der Waals surface area contributed by atoms with Crippen molar-refractivity contribution in [1.29, 1.82) is 0 Å². The van der Waals surface area contributed by atoms with Crippen molar-refractivity contribution >= 4 is 58.4 Å². The van der Waals surface area contributed by atoms with E-state index in [0.717, 1.165) is 43.0 Å². The molecule has 1 unspecified atom stereocenters. The van der Waals surface area contributed by atoms with Crippen LogP contribution in [0.15, 0.2) is 91.1 Å². The summed E-state index contributed by atoms with van der Waals surface area (Å²) in [5.41, 5.74) is 16.9. The molecule has 2 aromatic heterocycles. The molecule has 24 heteroatoms. The molecule has 7 heterocycles. The van der Waals surface area contributed by atoms with E-state index in [1.165, 1.54) is 0 Å². The van der Waals surface area contributed by atoms with Crippen LogP contribution in [-0.4, -0.2) is 153 Å². The maximum absolute atomic E-state index is 13.5. The van der Waals surface area contributed by atoms with Crippen LogP contribution in [0.1, 0.15) is 79.9 Å². The summed E-state index contributed by atoms with van der Waals surface area (Å²) in [4.78, 5) is 90.1. The zero-order chi connectivity index (χ0) is 57.8. The topological polar surface area (TPSA) is 316 Å². The number of amides is 7. The Balaban J connectivity index is 0.751. The van der Waals surface area contributed by atoms with Crippen molar-refractivity contribution < 1.29 is 48.5 Å². The van der Waals surface area contributed by atoms with Crippen LogP contribution in [-0.2, 0) is 43.6 Å². The highest BCUT2D eigenvalue weighted by molar-refractivity contribution is 6.06. The lowest BCUT2D eigenvalue weighted by atomic mass is 9.94. The number of aliphatic hydroxyl groups excluding tert-OH is 1. The number of carbonyl (C=O) groups excluding carboxylic acids is 6. The molecule has 3 fully saturated rings. The van der Waals surface area contributed by atoms with Crippen molar-refractivity contribution in [3.8, 4) is 22.9 Å². The fourth-order valence-electron chi connectivity index (χ4n) is 11.4. The number of aromatic hydroxyl groups is 1. The van der Waals surface area contributed by atoms with Crippen LogP contribution in [0, 0.1) is 5.92 Å². The van der Waals surface area contributed by atoms with E-state index in [0.29, 0.717) is 90.9 Å². The number of phenols is 1. The molecule has 24 nitrogen and oxygen atoms in total. The molecular formula is C58H70N14O10. The summed E-state index contributed by atoms with van der Waals surface area (Å²) in [5, 5.41) is 42.2. The normalized spacial score (nSPS) is 20.8. The Hall–Kier alpha value is -8.45. The summed E-state index contributed by atoms with van der Waals surface area (Å²) >= 11 is 0. The summed E-state index contributed by atoms with van der Waals surface area (Å²) in [6.07, 6.45) is 1.75. The van der Waals surface area contributed by atoms with Crippen molar-refractivity contribution in [3.63, 3.8) is 0 Å². The number of para-hydroxylation sites is 1. The first-order valence-electron chi connectivity index (χ1n) is 27.8. The SMILES string of the molecule is CC(C)[C@H](N)C(=O)N[C@@H](CCCNC(N)=O)C(=O)Nc1ccc(COC(O)N2C[C@]3(C)C[C@@H](Oc4ccc(CN5CCN(c6ccc7c(c6)C(=O)N([C@H]6CCC(=O)NC6=O)C7)CC5)cn4)CN3c3cc(-c4ccccc4O)nnc32)cc1. The highest BCUT2D eigenvalue weighted by Crippen LogP contribution is 2.46. The average Bonchev–Trinajstić information content (AvgIpc) is 4.08. The number of aliphatic hydroxyl groups is 1. The van der Waals surface area contributed by atoms with Gasteiger partial charge in [0.25, 0.3) is 5.91 Å². The molecule has 5 aliphatic heterocycles. The number of imide groups is 1. The largest absolute Gasteiger partial charge is 0.507 e. The first-order chi connectivity index (χ1) is 39.4. The van der Waals surface area contributed by atoms with Gasteiger partial charge in [-0.2, -0.15) is 0 Å². The van der Waals surface area contributed by atoms with Crippen LogP contribution in [0.5, 0.6) is 11.6 Å². The Morgan fingerprint density at radius 3 is 2.41 bits per heavy atom. The molecule has 432 valence electrons. The molecule has 0 bridgehead atoms. The molecule has 82 heavy (non-hydrogen) atoms. The number of nitrogens with two attached hydrogens (primary N) is 2. The van der Waals surface area contributed by atoms with E-state index in [1.807, 2.05) is 62.5 Å². The fraction of sp³-hybridized carbons (Fsp3) is 0.431. The summed E-state index contributed by atoms with van der Waals surface area (Å²) in [7, 11) is 0. The number of benzene rings is 3. The molecule has 6 atom stereocenters. The molecule has 10 rings (SSSR count). The molecule has 10 N–H and O–H groups in total. The van der Waals surface area contributed by atoms with E-state index in [4.69, 9.17) is 25.9 Å². The highest BCUT2D eigenvalue weighted by atomic mass is 16.6. The number of piperidine rings is 1. The van der Waals surface area contributed by atoms with Gasteiger partial charge in [-0.05, 0) is 91.3 Å². The third-order valence-electron chi connectivity index (χ3n) is 16.0. The van der Waals surface area contributed by atoms with Crippen LogP contribution < -0.4 is 52.2 Å². The number of fused-ring (bicyclic) bond motifs is 4. The fourth-order valence-corrected chi connectivity index (χ4v) is 11.4. The maximum Gasteiger partial charge on any atom is 0.312 e. The molecule has 5 aromatic rings. The van der Waals surface area contributed by atoms with Crippen LogP contribution in [0.25, 0.3) is 11.3 Å². The quantitative estimate of drug-likeness (QED) is 0.0316. The first kappa shape index (κ1) is 56.8. The second-order valence-electron chi connectivity index (χ2n) is 22.2. The zero-order valence-corrected chi connectivity index (χ0v) is 46.1. The number of nitrogens with one attached hydrogen (secondary N) is 4. The standard InChI is InChI=1S/C58H70N14O10/c1-34(2)50(59)54(77)64-43(8-6-20-61-56(60)79)52(75)63-38-14-10-35(11-15-38)32-81-57(80)71-33-58(3)27-40(31-72(58)46-26-44(66-67-51(46)71)41-7-4-5-9-47(41)73)82-49-19-12-36(28-62-49)29-68-21-23-69(24-22-68)39-16-13-37-30-70(55(78)42(37)25-39)45-17-18-48(74)65-53(45)76/h4-5,7,9-16,19,25-26,28,34,40,43,45,50,57,73,80H,6,8,17-18,20-24,27,29-33,59H2,1-3H3,(H,63,75)(H,64,77)(H3,60,61,79)(H,65,74,76)/t40-,43+,45+,50+,57?,58+/m1/s1. The molecule has 3 saturated heterocycles. The maximum atomic E-state index is 13.5. The van der Waals surface area contributed by atoms with Gasteiger partial charge < -0.3 is 66.7 Å². The number of piperazine rings is 1. The number of pyridine rings is 1.